The summed E-state index contributed by atoms with van der Waals surface area (Å²) in [6.45, 7) is 1.66. The molecule has 2 aliphatic rings. The first-order valence-electron chi connectivity index (χ1n) is 8.12. The lowest BCUT2D eigenvalue weighted by Gasteiger charge is -2.28. The minimum Gasteiger partial charge on any atom is -0.354 e. The molecular weight excluding hydrogens is 388 g/mol. The summed E-state index contributed by atoms with van der Waals surface area (Å²) in [6, 6.07) is 5.47. The summed E-state index contributed by atoms with van der Waals surface area (Å²) < 4.78 is 2.01. The Morgan fingerprint density at radius 3 is 2.69 bits per heavy atom. The van der Waals surface area contributed by atoms with E-state index in [4.69, 9.17) is 17.2 Å². The fourth-order valence-electron chi connectivity index (χ4n) is 2.91. The lowest BCUT2D eigenvalue weighted by Crippen LogP contribution is -2.35. The van der Waals surface area contributed by atoms with E-state index >= 15 is 0 Å². The molecule has 2 saturated heterocycles. The number of hydrogen-bond donors (Lipinski definition) is 0. The molecule has 0 aliphatic carbocycles. The van der Waals surface area contributed by atoms with E-state index < -0.39 is 0 Å². The summed E-state index contributed by atoms with van der Waals surface area (Å²) in [4.78, 5) is 34.3. The van der Waals surface area contributed by atoms with Crippen LogP contribution in [0.1, 0.15) is 5.56 Å². The van der Waals surface area contributed by atoms with Gasteiger partial charge in [0.1, 0.15) is 15.8 Å². The monoisotopic (exact) mass is 404 g/mol. The molecule has 0 N–H and O–H groups in total. The van der Waals surface area contributed by atoms with E-state index in [9.17, 15) is 9.59 Å². The second-order valence-electron chi connectivity index (χ2n) is 5.92. The molecule has 2 fully saturated rings. The number of rotatable bonds is 2. The highest BCUT2D eigenvalue weighted by Crippen LogP contribution is 2.32. The third kappa shape index (κ3) is 3.04. The van der Waals surface area contributed by atoms with E-state index in [0.29, 0.717) is 26.3 Å². The summed E-state index contributed by atoms with van der Waals surface area (Å²) in [7, 11) is 1.65. The van der Waals surface area contributed by atoms with Gasteiger partial charge in [-0.25, -0.2) is 4.98 Å². The van der Waals surface area contributed by atoms with Crippen LogP contribution < -0.4 is 10.5 Å². The van der Waals surface area contributed by atoms with Gasteiger partial charge in [0.05, 0.1) is 10.5 Å². The first-order chi connectivity index (χ1) is 12.6. The smallest absolute Gasteiger partial charge is 0.267 e. The molecule has 0 spiro atoms. The van der Waals surface area contributed by atoms with Crippen LogP contribution in [0.3, 0.4) is 0 Å². The average molecular weight is 405 g/mol. The van der Waals surface area contributed by atoms with Gasteiger partial charge < -0.3 is 4.90 Å². The molecule has 0 atom stereocenters. The Morgan fingerprint density at radius 1 is 1.23 bits per heavy atom. The molecule has 9 heteroatoms. The van der Waals surface area contributed by atoms with Crippen molar-refractivity contribution in [2.75, 3.05) is 36.5 Å². The molecule has 0 unspecified atom stereocenters. The van der Waals surface area contributed by atoms with Gasteiger partial charge in [0.15, 0.2) is 0 Å². The summed E-state index contributed by atoms with van der Waals surface area (Å²) in [5.41, 5.74) is 0.866. The molecular formula is C17H16N4O2S3. The number of carbonyl (C=O) groups excluding carboxylic acids is 1. The van der Waals surface area contributed by atoms with Gasteiger partial charge in [-0.2, -0.15) is 11.8 Å². The van der Waals surface area contributed by atoms with Gasteiger partial charge in [-0.3, -0.25) is 18.9 Å². The summed E-state index contributed by atoms with van der Waals surface area (Å²) in [5, 5.41) is 0. The summed E-state index contributed by atoms with van der Waals surface area (Å²) in [6.07, 6.45) is 3.34. The Labute approximate surface area is 164 Å². The van der Waals surface area contributed by atoms with Gasteiger partial charge >= 0.3 is 0 Å². The maximum absolute atomic E-state index is 13.1. The first-order valence-corrected chi connectivity index (χ1v) is 10.5. The van der Waals surface area contributed by atoms with E-state index in [-0.39, 0.29) is 11.5 Å². The molecule has 0 radical (unpaired) electrons. The number of amides is 1. The van der Waals surface area contributed by atoms with Gasteiger partial charge in [-0.1, -0.05) is 30.0 Å². The maximum atomic E-state index is 13.1. The van der Waals surface area contributed by atoms with Crippen LogP contribution in [-0.4, -0.2) is 56.2 Å². The zero-order chi connectivity index (χ0) is 18.3. The molecule has 134 valence electrons. The number of likely N-dealkylation sites (N-methyl/N-ethyl adjacent to an activating group) is 1. The molecule has 0 aromatic carbocycles. The summed E-state index contributed by atoms with van der Waals surface area (Å²) >= 11 is 8.30. The van der Waals surface area contributed by atoms with Crippen molar-refractivity contribution < 1.29 is 4.79 Å². The minimum atomic E-state index is -0.183. The maximum Gasteiger partial charge on any atom is 0.267 e. The van der Waals surface area contributed by atoms with Crippen molar-refractivity contribution in [2.45, 2.75) is 0 Å². The number of fused-ring (bicyclic) bond motifs is 1. The molecule has 4 rings (SSSR count). The SMILES string of the molecule is CN1C(=O)/C(=C\c2c(N3CCSCC3)nc3ccccn3c2=O)SC1=S. The van der Waals surface area contributed by atoms with Gasteiger partial charge in [-0.05, 0) is 18.2 Å². The highest BCUT2D eigenvalue weighted by atomic mass is 32.2. The number of hydrogen-bond acceptors (Lipinski definition) is 7. The van der Waals surface area contributed by atoms with Gasteiger partial charge in [0, 0.05) is 37.8 Å². The number of thiocarbonyl (C=S) groups is 1. The number of nitrogens with zero attached hydrogens (tertiary/aromatic N) is 4. The topological polar surface area (TPSA) is 57.9 Å². The fourth-order valence-corrected chi connectivity index (χ4v) is 4.97. The van der Waals surface area contributed by atoms with Crippen LogP contribution in [0.15, 0.2) is 34.1 Å². The Bertz CT molecular complexity index is 995. The van der Waals surface area contributed by atoms with Crippen molar-refractivity contribution in [1.29, 1.82) is 0 Å². The number of anilines is 1. The fraction of sp³-hybridized carbons (Fsp3) is 0.294. The second-order valence-corrected chi connectivity index (χ2v) is 8.82. The molecule has 4 heterocycles. The van der Waals surface area contributed by atoms with Gasteiger partial charge in [0.2, 0.25) is 0 Å². The number of aromatic nitrogens is 2. The second kappa shape index (κ2) is 7.05. The zero-order valence-corrected chi connectivity index (χ0v) is 16.5. The Kier molecular flexibility index (Phi) is 4.76. The van der Waals surface area contributed by atoms with Gasteiger partial charge in [0.25, 0.3) is 11.5 Å². The highest BCUT2D eigenvalue weighted by molar-refractivity contribution is 8.26. The highest BCUT2D eigenvalue weighted by Gasteiger charge is 2.30. The van der Waals surface area contributed by atoms with Crippen molar-refractivity contribution in [1.82, 2.24) is 14.3 Å². The standard InChI is InChI=1S/C17H16N4O2S3/c1-19-16(23)12(26-17(19)24)10-11-14(20-6-8-25-9-7-20)18-13-4-2-3-5-21(13)15(11)22/h2-5,10H,6-9H2,1H3/b12-10+. The van der Waals surface area contributed by atoms with Crippen LogP contribution in [0.4, 0.5) is 5.82 Å². The van der Waals surface area contributed by atoms with Crippen molar-refractivity contribution in [3.63, 3.8) is 0 Å². The van der Waals surface area contributed by atoms with Crippen LogP contribution >= 0.6 is 35.7 Å². The van der Waals surface area contributed by atoms with Crippen molar-refractivity contribution >= 4 is 63.5 Å². The molecule has 26 heavy (non-hydrogen) atoms. The lowest BCUT2D eigenvalue weighted by atomic mass is 10.2. The number of thioether (sulfide) groups is 2. The Morgan fingerprint density at radius 2 is 2.00 bits per heavy atom. The third-order valence-electron chi connectivity index (χ3n) is 4.32. The number of pyridine rings is 1. The van der Waals surface area contributed by atoms with Crippen molar-refractivity contribution in [3.8, 4) is 0 Å². The van der Waals surface area contributed by atoms with Gasteiger partial charge in [-0.15, -0.1) is 0 Å². The molecule has 0 saturated carbocycles. The first kappa shape index (κ1) is 17.6. The van der Waals surface area contributed by atoms with Crippen LogP contribution in [0.25, 0.3) is 11.7 Å². The van der Waals surface area contributed by atoms with E-state index in [2.05, 4.69) is 4.90 Å². The molecule has 0 bridgehead atoms. The molecule has 2 aliphatic heterocycles. The predicted molar refractivity (Wildman–Crippen MR) is 112 cm³/mol. The van der Waals surface area contributed by atoms with Crippen molar-refractivity contribution in [2.24, 2.45) is 0 Å². The molecule has 6 nitrogen and oxygen atoms in total. The van der Waals surface area contributed by atoms with E-state index in [0.717, 1.165) is 24.6 Å². The van der Waals surface area contributed by atoms with E-state index in [1.165, 1.54) is 21.1 Å². The predicted octanol–water partition coefficient (Wildman–Crippen LogP) is 2.08. The van der Waals surface area contributed by atoms with Crippen LogP contribution in [0.2, 0.25) is 0 Å². The molecule has 2 aromatic heterocycles. The zero-order valence-electron chi connectivity index (χ0n) is 14.0. The largest absolute Gasteiger partial charge is 0.354 e. The lowest BCUT2D eigenvalue weighted by molar-refractivity contribution is -0.121. The van der Waals surface area contributed by atoms with Crippen LogP contribution in [0, 0.1) is 0 Å². The van der Waals surface area contributed by atoms with Crippen LogP contribution in [0.5, 0.6) is 0 Å². The van der Waals surface area contributed by atoms with Crippen molar-refractivity contribution in [3.05, 3.63) is 45.2 Å². The Hall–Kier alpha value is -1.84. The van der Waals surface area contributed by atoms with E-state index in [1.807, 2.05) is 23.9 Å². The normalized spacial score (nSPS) is 19.8. The quantitative estimate of drug-likeness (QED) is 0.561. The minimum absolute atomic E-state index is 0.176. The van der Waals surface area contributed by atoms with E-state index in [1.54, 1.807) is 25.4 Å². The number of carbonyl (C=O) groups is 1. The van der Waals surface area contributed by atoms with Crippen LogP contribution in [-0.2, 0) is 4.79 Å². The molecule has 2 aromatic rings. The molecule has 1 amide bonds. The average Bonchev–Trinajstić information content (AvgIpc) is 2.91. The Balaban J connectivity index is 1.91. The third-order valence-corrected chi connectivity index (χ3v) is 6.75. The summed E-state index contributed by atoms with van der Waals surface area (Å²) in [5.74, 6) is 2.44.